The quantitative estimate of drug-likeness (QED) is 0.181. The highest BCUT2D eigenvalue weighted by Gasteiger charge is 2.43. The molecule has 4 rings (SSSR count). The Morgan fingerprint density at radius 1 is 0.733 bits per heavy atom. The summed E-state index contributed by atoms with van der Waals surface area (Å²) in [5.41, 5.74) is 2.44. The first-order valence-electron chi connectivity index (χ1n) is 14.5. The average molecular weight is 630 g/mol. The Morgan fingerprint density at radius 3 is 1.80 bits per heavy atom. The Morgan fingerprint density at radius 2 is 1.27 bits per heavy atom. The van der Waals surface area contributed by atoms with Crippen molar-refractivity contribution in [2.75, 3.05) is 19.5 Å². The van der Waals surface area contributed by atoms with Gasteiger partial charge in [0.15, 0.2) is 15.6 Å². The molecule has 1 N–H and O–H groups in total. The summed E-state index contributed by atoms with van der Waals surface area (Å²) in [7, 11) is -1.34. The van der Waals surface area contributed by atoms with E-state index in [9.17, 15) is 18.0 Å². The lowest BCUT2D eigenvalue weighted by Gasteiger charge is -2.30. The lowest BCUT2D eigenvalue weighted by atomic mass is 9.84. The molecule has 0 saturated carbocycles. The lowest BCUT2D eigenvalue weighted by Crippen LogP contribution is -2.37. The summed E-state index contributed by atoms with van der Waals surface area (Å²) in [6.45, 7) is 9.01. The van der Waals surface area contributed by atoms with Gasteiger partial charge in [-0.2, -0.15) is 0 Å². The van der Waals surface area contributed by atoms with Crippen LogP contribution in [-0.2, 0) is 14.6 Å². The first-order valence-corrected chi connectivity index (χ1v) is 16.0. The second-order valence-electron chi connectivity index (χ2n) is 11.8. The summed E-state index contributed by atoms with van der Waals surface area (Å²) in [6, 6.07) is 25.0. The van der Waals surface area contributed by atoms with Crippen molar-refractivity contribution in [1.82, 2.24) is 0 Å². The second-order valence-corrected chi connectivity index (χ2v) is 13.9. The van der Waals surface area contributed by atoms with E-state index in [1.54, 1.807) is 87.5 Å². The molecule has 8 nitrogen and oxygen atoms in total. The molecule has 4 aromatic carbocycles. The van der Waals surface area contributed by atoms with Crippen LogP contribution in [0, 0.1) is 13.8 Å². The number of hydrogen-bond donors (Lipinski definition) is 1. The number of hydrogen-bond acceptors (Lipinski definition) is 7. The maximum absolute atomic E-state index is 14.7. The van der Waals surface area contributed by atoms with Gasteiger partial charge >= 0.3 is 6.09 Å². The summed E-state index contributed by atoms with van der Waals surface area (Å²) in [5, 5.41) is 1.15. The largest absolute Gasteiger partial charge is 0.497 e. The Balaban J connectivity index is 2.03. The van der Waals surface area contributed by atoms with Crippen molar-refractivity contribution < 1.29 is 32.2 Å². The third-order valence-electron chi connectivity index (χ3n) is 7.29. The van der Waals surface area contributed by atoms with Crippen LogP contribution < -0.4 is 14.8 Å². The van der Waals surface area contributed by atoms with Gasteiger partial charge in [0, 0.05) is 17.2 Å². The van der Waals surface area contributed by atoms with Crippen molar-refractivity contribution in [2.45, 2.75) is 56.3 Å². The van der Waals surface area contributed by atoms with Crippen molar-refractivity contribution in [2.24, 2.45) is 0 Å². The molecule has 2 atom stereocenters. The minimum Gasteiger partial charge on any atom is -0.497 e. The molecule has 0 bridgehead atoms. The fourth-order valence-corrected chi connectivity index (χ4v) is 6.90. The standard InChI is InChI=1S/C36H39NO7S/c1-23-8-12-25(13-9-23)32(30-22-28(43-7)18-21-31(30)37-35(39)44-36(3,4)5)34(33(38)26-14-16-27(42-6)17-15-26)45(40,41)29-19-10-24(2)11-20-29/h8-22,32,34H,1-7H3,(H,37,39). The maximum Gasteiger partial charge on any atom is 0.412 e. The molecule has 0 aliphatic rings. The van der Waals surface area contributed by atoms with Crippen LogP contribution in [0.25, 0.3) is 0 Å². The van der Waals surface area contributed by atoms with Crippen molar-refractivity contribution in [3.05, 3.63) is 119 Å². The number of benzene rings is 4. The van der Waals surface area contributed by atoms with E-state index in [0.29, 0.717) is 22.6 Å². The van der Waals surface area contributed by atoms with Crippen LogP contribution in [0.2, 0.25) is 0 Å². The Hall–Kier alpha value is -4.63. The molecule has 0 aromatic heterocycles. The summed E-state index contributed by atoms with van der Waals surface area (Å²) in [4.78, 5) is 27.6. The third-order valence-corrected chi connectivity index (χ3v) is 9.37. The Labute approximate surface area is 265 Å². The number of rotatable bonds is 10. The van der Waals surface area contributed by atoms with E-state index in [-0.39, 0.29) is 16.1 Å². The topological polar surface area (TPSA) is 108 Å². The van der Waals surface area contributed by atoms with E-state index in [0.717, 1.165) is 11.1 Å². The van der Waals surface area contributed by atoms with E-state index in [1.807, 2.05) is 26.0 Å². The van der Waals surface area contributed by atoms with E-state index in [1.165, 1.54) is 26.4 Å². The molecule has 0 aliphatic carbocycles. The molecule has 0 aliphatic heterocycles. The molecule has 0 spiro atoms. The Kier molecular flexibility index (Phi) is 10.0. The normalized spacial score (nSPS) is 13.0. The van der Waals surface area contributed by atoms with Gasteiger partial charge in [0.1, 0.15) is 22.4 Å². The molecular formula is C36H39NO7S. The van der Waals surface area contributed by atoms with E-state index < -0.39 is 38.5 Å². The van der Waals surface area contributed by atoms with Crippen molar-refractivity contribution in [1.29, 1.82) is 0 Å². The number of Topliss-reactive ketones (excluding diaryl/α,β-unsaturated/α-hetero) is 1. The minimum atomic E-state index is -4.35. The van der Waals surface area contributed by atoms with Gasteiger partial charge in [-0.1, -0.05) is 47.5 Å². The van der Waals surface area contributed by atoms with Crippen molar-refractivity contribution in [3.8, 4) is 11.5 Å². The van der Waals surface area contributed by atoms with Gasteiger partial charge in [0.25, 0.3) is 0 Å². The molecule has 1 amide bonds. The fraction of sp³-hybridized carbons (Fsp3) is 0.278. The summed E-state index contributed by atoms with van der Waals surface area (Å²) in [5.74, 6) is -0.752. The second kappa shape index (κ2) is 13.6. The number of ether oxygens (including phenoxy) is 3. The molecule has 45 heavy (non-hydrogen) atoms. The molecular weight excluding hydrogens is 590 g/mol. The van der Waals surface area contributed by atoms with Crippen LogP contribution in [0.1, 0.15) is 59.3 Å². The molecule has 0 fully saturated rings. The van der Waals surface area contributed by atoms with Gasteiger partial charge in [-0.15, -0.1) is 0 Å². The Bertz CT molecular complexity index is 1760. The average Bonchev–Trinajstić information content (AvgIpc) is 2.99. The molecule has 4 aromatic rings. The molecule has 2 unspecified atom stereocenters. The zero-order chi connectivity index (χ0) is 32.9. The van der Waals surface area contributed by atoms with Crippen LogP contribution in [-0.4, -0.2) is 45.4 Å². The number of carbonyl (C=O) groups is 2. The van der Waals surface area contributed by atoms with Crippen LogP contribution in [0.3, 0.4) is 0 Å². The predicted octanol–water partition coefficient (Wildman–Crippen LogP) is 7.52. The number of amides is 1. The highest BCUT2D eigenvalue weighted by molar-refractivity contribution is 7.93. The van der Waals surface area contributed by atoms with Gasteiger partial charge in [-0.05, 0) is 100 Å². The molecule has 0 saturated heterocycles. The number of anilines is 1. The first-order chi connectivity index (χ1) is 21.2. The first kappa shape index (κ1) is 33.3. The highest BCUT2D eigenvalue weighted by Crippen LogP contribution is 2.41. The van der Waals surface area contributed by atoms with Crippen molar-refractivity contribution >= 4 is 27.4 Å². The van der Waals surface area contributed by atoms with Gasteiger partial charge in [-0.25, -0.2) is 13.2 Å². The number of ketones is 1. The minimum absolute atomic E-state index is 0.00150. The third kappa shape index (κ3) is 7.91. The molecule has 9 heteroatoms. The van der Waals surface area contributed by atoms with Crippen LogP contribution in [0.4, 0.5) is 10.5 Å². The zero-order valence-electron chi connectivity index (χ0n) is 26.6. The van der Waals surface area contributed by atoms with Crippen molar-refractivity contribution in [3.63, 3.8) is 0 Å². The SMILES string of the molecule is COc1ccc(C(=O)C(C(c2ccc(C)cc2)c2cc(OC)ccc2NC(=O)OC(C)(C)C)S(=O)(=O)c2ccc(C)cc2)cc1. The van der Waals surface area contributed by atoms with Crippen LogP contribution >= 0.6 is 0 Å². The molecule has 236 valence electrons. The number of aryl methyl sites for hydroxylation is 2. The zero-order valence-corrected chi connectivity index (χ0v) is 27.4. The van der Waals surface area contributed by atoms with Crippen LogP contribution in [0.5, 0.6) is 11.5 Å². The van der Waals surface area contributed by atoms with Gasteiger partial charge in [-0.3, -0.25) is 10.1 Å². The molecule has 0 radical (unpaired) electrons. The summed E-state index contributed by atoms with van der Waals surface area (Å²) >= 11 is 0. The maximum atomic E-state index is 14.7. The van der Waals surface area contributed by atoms with Gasteiger partial charge < -0.3 is 14.2 Å². The highest BCUT2D eigenvalue weighted by atomic mass is 32.2. The fourth-order valence-electron chi connectivity index (χ4n) is 5.01. The number of carbonyl (C=O) groups excluding carboxylic acids is 2. The number of nitrogens with one attached hydrogen (secondary N) is 1. The van der Waals surface area contributed by atoms with Gasteiger partial charge in [0.05, 0.1) is 19.1 Å². The van der Waals surface area contributed by atoms with E-state index in [4.69, 9.17) is 14.2 Å². The van der Waals surface area contributed by atoms with E-state index >= 15 is 0 Å². The van der Waals surface area contributed by atoms with E-state index in [2.05, 4.69) is 5.32 Å². The summed E-state index contributed by atoms with van der Waals surface area (Å²) in [6.07, 6.45) is -0.726. The monoisotopic (exact) mass is 629 g/mol. The van der Waals surface area contributed by atoms with Gasteiger partial charge in [0.2, 0.25) is 0 Å². The van der Waals surface area contributed by atoms with Crippen LogP contribution in [0.15, 0.2) is 95.9 Å². The summed E-state index contributed by atoms with van der Waals surface area (Å²) < 4.78 is 45.8. The smallest absolute Gasteiger partial charge is 0.412 e. The predicted molar refractivity (Wildman–Crippen MR) is 175 cm³/mol. The molecule has 0 heterocycles. The number of methoxy groups -OCH3 is 2. The number of sulfone groups is 1. The lowest BCUT2D eigenvalue weighted by molar-refractivity contribution is 0.0635.